The van der Waals surface area contributed by atoms with Crippen LogP contribution in [0.3, 0.4) is 0 Å². The second-order valence-corrected chi connectivity index (χ2v) is 3.48. The Morgan fingerprint density at radius 2 is 1.94 bits per heavy atom. The molecule has 1 aromatic carbocycles. The number of ketones is 1. The third-order valence-corrected chi connectivity index (χ3v) is 2.22. The van der Waals surface area contributed by atoms with Crippen LogP contribution in [0.25, 0.3) is 0 Å². The molecule has 2 rings (SSSR count). The first-order valence-corrected chi connectivity index (χ1v) is 4.93. The Bertz CT molecular complexity index is 496. The van der Waals surface area contributed by atoms with E-state index in [0.717, 1.165) is 6.20 Å². The molecule has 3 heteroatoms. The second kappa shape index (κ2) is 4.66. The number of nitrogens with zero attached hydrogens (tertiary/aromatic N) is 1. The molecule has 0 aliphatic heterocycles. The van der Waals surface area contributed by atoms with E-state index in [1.54, 1.807) is 24.3 Å². The first-order chi connectivity index (χ1) is 7.75. The maximum atomic E-state index is 12.8. The maximum Gasteiger partial charge on any atom is 0.167 e. The van der Waals surface area contributed by atoms with Crippen LogP contribution in [0, 0.1) is 5.82 Å². The van der Waals surface area contributed by atoms with E-state index in [0.29, 0.717) is 11.1 Å². The second-order valence-electron chi connectivity index (χ2n) is 3.48. The molecule has 0 aliphatic rings. The van der Waals surface area contributed by atoms with Gasteiger partial charge in [-0.1, -0.05) is 30.3 Å². The van der Waals surface area contributed by atoms with Gasteiger partial charge in [-0.3, -0.25) is 9.78 Å². The Kier molecular flexibility index (Phi) is 3.05. The Morgan fingerprint density at radius 1 is 1.19 bits per heavy atom. The molecule has 0 unspecified atom stereocenters. The quantitative estimate of drug-likeness (QED) is 0.737. The number of rotatable bonds is 3. The van der Waals surface area contributed by atoms with Crippen LogP contribution in [-0.2, 0) is 6.42 Å². The number of benzene rings is 1. The molecular weight excluding hydrogens is 205 g/mol. The van der Waals surface area contributed by atoms with Gasteiger partial charge in [-0.25, -0.2) is 4.39 Å². The normalized spacial score (nSPS) is 10.1. The van der Waals surface area contributed by atoms with E-state index in [-0.39, 0.29) is 12.2 Å². The van der Waals surface area contributed by atoms with Crippen LogP contribution in [-0.4, -0.2) is 10.8 Å². The van der Waals surface area contributed by atoms with E-state index in [9.17, 15) is 9.18 Å². The molecule has 0 aliphatic carbocycles. The summed E-state index contributed by atoms with van der Waals surface area (Å²) >= 11 is 0. The average molecular weight is 215 g/mol. The largest absolute Gasteiger partial charge is 0.294 e. The van der Waals surface area contributed by atoms with Crippen LogP contribution in [0.15, 0.2) is 48.8 Å². The highest BCUT2D eigenvalue weighted by Crippen LogP contribution is 2.07. The minimum Gasteiger partial charge on any atom is -0.294 e. The molecule has 0 fully saturated rings. The van der Waals surface area contributed by atoms with Crippen molar-refractivity contribution in [3.8, 4) is 0 Å². The fourth-order valence-corrected chi connectivity index (χ4v) is 1.46. The van der Waals surface area contributed by atoms with Crippen molar-refractivity contribution in [2.24, 2.45) is 0 Å². The number of Topliss-reactive ketones (excluding diaryl/α,β-unsaturated/α-hetero) is 1. The van der Waals surface area contributed by atoms with Crippen LogP contribution in [0.4, 0.5) is 4.39 Å². The van der Waals surface area contributed by atoms with E-state index in [1.807, 2.05) is 6.07 Å². The van der Waals surface area contributed by atoms with E-state index < -0.39 is 5.82 Å². The topological polar surface area (TPSA) is 30.0 Å². The highest BCUT2D eigenvalue weighted by atomic mass is 19.1. The van der Waals surface area contributed by atoms with Crippen molar-refractivity contribution in [2.45, 2.75) is 6.42 Å². The SMILES string of the molecule is O=C(Cc1cncc(F)c1)c1ccccc1. The van der Waals surface area contributed by atoms with E-state index in [4.69, 9.17) is 0 Å². The summed E-state index contributed by atoms with van der Waals surface area (Å²) in [5, 5.41) is 0. The lowest BCUT2D eigenvalue weighted by Crippen LogP contribution is -2.03. The molecule has 1 heterocycles. The number of hydrogen-bond acceptors (Lipinski definition) is 2. The first kappa shape index (κ1) is 10.5. The molecule has 0 saturated carbocycles. The molecule has 0 radical (unpaired) electrons. The fourth-order valence-electron chi connectivity index (χ4n) is 1.46. The number of aromatic nitrogens is 1. The Labute approximate surface area is 92.8 Å². The minimum absolute atomic E-state index is 0.0343. The lowest BCUT2D eigenvalue weighted by atomic mass is 10.0. The molecule has 16 heavy (non-hydrogen) atoms. The summed E-state index contributed by atoms with van der Waals surface area (Å²) in [5.74, 6) is -0.452. The van der Waals surface area contributed by atoms with Crippen molar-refractivity contribution in [3.05, 3.63) is 65.7 Å². The number of pyridine rings is 1. The highest BCUT2D eigenvalue weighted by molar-refractivity contribution is 5.97. The van der Waals surface area contributed by atoms with Gasteiger partial charge >= 0.3 is 0 Å². The molecule has 0 atom stereocenters. The molecule has 80 valence electrons. The van der Waals surface area contributed by atoms with Crippen LogP contribution in [0.2, 0.25) is 0 Å². The smallest absolute Gasteiger partial charge is 0.167 e. The van der Waals surface area contributed by atoms with Crippen LogP contribution >= 0.6 is 0 Å². The van der Waals surface area contributed by atoms with Gasteiger partial charge in [0.1, 0.15) is 5.82 Å². The number of halogens is 1. The zero-order valence-corrected chi connectivity index (χ0v) is 8.56. The molecule has 0 spiro atoms. The van der Waals surface area contributed by atoms with Gasteiger partial charge in [-0.05, 0) is 11.6 Å². The molecule has 0 bridgehead atoms. The molecule has 0 saturated heterocycles. The third-order valence-electron chi connectivity index (χ3n) is 2.22. The van der Waals surface area contributed by atoms with Gasteiger partial charge < -0.3 is 0 Å². The first-order valence-electron chi connectivity index (χ1n) is 4.93. The molecule has 2 aromatic rings. The van der Waals surface area contributed by atoms with Gasteiger partial charge in [0.25, 0.3) is 0 Å². The highest BCUT2D eigenvalue weighted by Gasteiger charge is 2.06. The van der Waals surface area contributed by atoms with Crippen LogP contribution < -0.4 is 0 Å². The predicted molar refractivity (Wildman–Crippen MR) is 58.7 cm³/mol. The Balaban J connectivity index is 2.14. The minimum atomic E-state index is -0.418. The van der Waals surface area contributed by atoms with Gasteiger partial charge in [0.05, 0.1) is 6.20 Å². The molecule has 0 amide bonds. The van der Waals surface area contributed by atoms with Crippen molar-refractivity contribution < 1.29 is 9.18 Å². The summed E-state index contributed by atoms with van der Waals surface area (Å²) in [6.07, 6.45) is 2.80. The molecular formula is C13H10FNO. The number of carbonyl (C=O) groups is 1. The molecule has 2 nitrogen and oxygen atoms in total. The van der Waals surface area contributed by atoms with Gasteiger partial charge in [-0.2, -0.15) is 0 Å². The van der Waals surface area contributed by atoms with Crippen molar-refractivity contribution >= 4 is 5.78 Å². The zero-order chi connectivity index (χ0) is 11.4. The van der Waals surface area contributed by atoms with Crippen LogP contribution in [0.1, 0.15) is 15.9 Å². The molecule has 1 aromatic heterocycles. The van der Waals surface area contributed by atoms with Gasteiger partial charge in [0.2, 0.25) is 0 Å². The standard InChI is InChI=1S/C13H10FNO/c14-12-6-10(8-15-9-12)7-13(16)11-4-2-1-3-5-11/h1-6,8-9H,7H2. The summed E-state index contributed by atoms with van der Waals surface area (Å²) in [5.41, 5.74) is 1.22. The summed E-state index contributed by atoms with van der Waals surface area (Å²) in [7, 11) is 0. The summed E-state index contributed by atoms with van der Waals surface area (Å²) in [6.45, 7) is 0. The average Bonchev–Trinajstić information content (AvgIpc) is 2.30. The van der Waals surface area contributed by atoms with Gasteiger partial charge in [-0.15, -0.1) is 0 Å². The summed E-state index contributed by atoms with van der Waals surface area (Å²) in [6, 6.07) is 10.3. The zero-order valence-electron chi connectivity index (χ0n) is 8.56. The third kappa shape index (κ3) is 2.51. The van der Waals surface area contributed by atoms with Gasteiger partial charge in [0.15, 0.2) is 5.78 Å². The van der Waals surface area contributed by atoms with E-state index in [1.165, 1.54) is 12.3 Å². The van der Waals surface area contributed by atoms with Crippen molar-refractivity contribution in [1.29, 1.82) is 0 Å². The maximum absolute atomic E-state index is 12.8. The summed E-state index contributed by atoms with van der Waals surface area (Å²) in [4.78, 5) is 15.5. The lowest BCUT2D eigenvalue weighted by molar-refractivity contribution is 0.0993. The van der Waals surface area contributed by atoms with E-state index >= 15 is 0 Å². The Hall–Kier alpha value is -2.03. The van der Waals surface area contributed by atoms with Crippen molar-refractivity contribution in [2.75, 3.05) is 0 Å². The predicted octanol–water partition coefficient (Wildman–Crippen LogP) is 2.65. The number of carbonyl (C=O) groups excluding carboxylic acids is 1. The molecule has 0 N–H and O–H groups in total. The summed E-state index contributed by atoms with van der Waals surface area (Å²) < 4.78 is 12.8. The lowest BCUT2D eigenvalue weighted by Gasteiger charge is -2.00. The van der Waals surface area contributed by atoms with Gasteiger partial charge in [0, 0.05) is 18.2 Å². The van der Waals surface area contributed by atoms with Crippen molar-refractivity contribution in [1.82, 2.24) is 4.98 Å². The van der Waals surface area contributed by atoms with Crippen molar-refractivity contribution in [3.63, 3.8) is 0 Å². The Morgan fingerprint density at radius 3 is 2.62 bits per heavy atom. The number of hydrogen-bond donors (Lipinski definition) is 0. The monoisotopic (exact) mass is 215 g/mol. The van der Waals surface area contributed by atoms with Crippen LogP contribution in [0.5, 0.6) is 0 Å². The fraction of sp³-hybridized carbons (Fsp3) is 0.0769. The van der Waals surface area contributed by atoms with E-state index in [2.05, 4.69) is 4.98 Å².